The van der Waals surface area contributed by atoms with Crippen molar-refractivity contribution in [3.05, 3.63) is 48.4 Å². The van der Waals surface area contributed by atoms with E-state index in [0.717, 1.165) is 11.1 Å². The van der Waals surface area contributed by atoms with Gasteiger partial charge in [-0.3, -0.25) is 4.79 Å². The van der Waals surface area contributed by atoms with E-state index in [9.17, 15) is 4.79 Å². The Labute approximate surface area is 118 Å². The smallest absolute Gasteiger partial charge is 0.289 e. The van der Waals surface area contributed by atoms with Gasteiger partial charge in [0.15, 0.2) is 5.76 Å². The molecule has 0 unspecified atom stereocenters. The van der Waals surface area contributed by atoms with Crippen LogP contribution in [0.1, 0.15) is 17.5 Å². The zero-order chi connectivity index (χ0) is 14.5. The molecule has 0 saturated heterocycles. The number of furan rings is 1. The summed E-state index contributed by atoms with van der Waals surface area (Å²) < 4.78 is 5.34. The minimum atomic E-state index is -0.212. The predicted octanol–water partition coefficient (Wildman–Crippen LogP) is 3.18. The van der Waals surface area contributed by atoms with Crippen LogP contribution in [0.2, 0.25) is 0 Å². The molecule has 102 valence electrons. The second-order valence-corrected chi connectivity index (χ2v) is 4.75. The van der Waals surface area contributed by atoms with Gasteiger partial charge in [-0.2, -0.15) is 5.26 Å². The fourth-order valence-corrected chi connectivity index (χ4v) is 2.03. The van der Waals surface area contributed by atoms with E-state index in [4.69, 9.17) is 9.68 Å². The molecule has 1 aromatic carbocycles. The lowest BCUT2D eigenvalue weighted by atomic mass is 10.1. The third-order valence-corrected chi connectivity index (χ3v) is 3.06. The van der Waals surface area contributed by atoms with Crippen LogP contribution in [0.25, 0.3) is 11.1 Å². The van der Waals surface area contributed by atoms with Gasteiger partial charge < -0.3 is 9.32 Å². The summed E-state index contributed by atoms with van der Waals surface area (Å²) in [6.45, 7) is 2.16. The number of carbonyl (C=O) groups is 1. The van der Waals surface area contributed by atoms with Gasteiger partial charge in [0.1, 0.15) is 0 Å². The molecule has 1 atom stereocenters. The maximum Gasteiger partial charge on any atom is 0.289 e. The summed E-state index contributed by atoms with van der Waals surface area (Å²) in [6.07, 6.45) is 1.51. The second-order valence-electron chi connectivity index (χ2n) is 4.75. The van der Waals surface area contributed by atoms with E-state index in [-0.39, 0.29) is 11.8 Å². The number of hydrogen-bond donors (Lipinski definition) is 0. The van der Waals surface area contributed by atoms with Crippen molar-refractivity contribution in [3.8, 4) is 17.2 Å². The first-order valence-corrected chi connectivity index (χ1v) is 6.41. The van der Waals surface area contributed by atoms with E-state index in [2.05, 4.69) is 6.07 Å². The molecule has 20 heavy (non-hydrogen) atoms. The molecule has 4 heteroatoms. The lowest BCUT2D eigenvalue weighted by Gasteiger charge is -2.17. The Balaban J connectivity index is 2.25. The number of rotatable bonds is 4. The maximum absolute atomic E-state index is 12.4. The van der Waals surface area contributed by atoms with Gasteiger partial charge >= 0.3 is 0 Å². The van der Waals surface area contributed by atoms with Crippen LogP contribution in [0.4, 0.5) is 0 Å². The van der Waals surface area contributed by atoms with Crippen LogP contribution in [-0.4, -0.2) is 24.4 Å². The van der Waals surface area contributed by atoms with Gasteiger partial charge in [0.25, 0.3) is 5.91 Å². The van der Waals surface area contributed by atoms with Crippen LogP contribution in [-0.2, 0) is 0 Å². The van der Waals surface area contributed by atoms with E-state index >= 15 is 0 Å². The molecule has 0 aliphatic heterocycles. The molecular weight excluding hydrogens is 252 g/mol. The first-order chi connectivity index (χ1) is 9.63. The summed E-state index contributed by atoms with van der Waals surface area (Å²) in [5.74, 6) is -0.112. The van der Waals surface area contributed by atoms with Crippen molar-refractivity contribution >= 4 is 5.91 Å². The molecular formula is C16H16N2O2. The average Bonchev–Trinajstić information content (AvgIpc) is 2.96. The monoisotopic (exact) mass is 268 g/mol. The van der Waals surface area contributed by atoms with E-state index in [1.807, 2.05) is 30.3 Å². The van der Waals surface area contributed by atoms with Crippen molar-refractivity contribution in [2.75, 3.05) is 13.6 Å². The highest BCUT2D eigenvalue weighted by Crippen LogP contribution is 2.25. The van der Waals surface area contributed by atoms with Gasteiger partial charge in [-0.25, -0.2) is 0 Å². The van der Waals surface area contributed by atoms with Crippen molar-refractivity contribution in [3.63, 3.8) is 0 Å². The Kier molecular flexibility index (Phi) is 4.21. The minimum absolute atomic E-state index is 0.209. The molecule has 1 heterocycles. The van der Waals surface area contributed by atoms with Gasteiger partial charge in [-0.1, -0.05) is 30.3 Å². The largest absolute Gasteiger partial charge is 0.459 e. The summed E-state index contributed by atoms with van der Waals surface area (Å²) >= 11 is 0. The zero-order valence-electron chi connectivity index (χ0n) is 11.5. The summed E-state index contributed by atoms with van der Waals surface area (Å²) in [5, 5.41) is 8.82. The number of nitrogens with zero attached hydrogens (tertiary/aromatic N) is 2. The maximum atomic E-state index is 12.4. The van der Waals surface area contributed by atoms with Crippen LogP contribution in [0, 0.1) is 17.2 Å². The zero-order valence-corrected chi connectivity index (χ0v) is 11.5. The predicted molar refractivity (Wildman–Crippen MR) is 75.9 cm³/mol. The Hall–Kier alpha value is -2.54. The third-order valence-electron chi connectivity index (χ3n) is 3.06. The quantitative estimate of drug-likeness (QED) is 0.855. The van der Waals surface area contributed by atoms with Crippen LogP contribution < -0.4 is 0 Å². The fraction of sp³-hybridized carbons (Fsp3) is 0.250. The lowest BCUT2D eigenvalue weighted by molar-refractivity contribution is 0.0754. The van der Waals surface area contributed by atoms with Crippen LogP contribution in [0.5, 0.6) is 0 Å². The standard InChI is InChI=1S/C16H16N2O2/c1-12(10-17)11-18(2)16(19)15-14(8-9-20-15)13-6-4-3-5-7-13/h3-9,12H,11H2,1-2H3/t12-/m1/s1. The van der Waals surface area contributed by atoms with Crippen molar-refractivity contribution in [2.24, 2.45) is 5.92 Å². The minimum Gasteiger partial charge on any atom is -0.459 e. The molecule has 2 rings (SSSR count). The Morgan fingerprint density at radius 1 is 1.35 bits per heavy atom. The normalized spacial score (nSPS) is 11.7. The van der Waals surface area contributed by atoms with Gasteiger partial charge in [0.05, 0.1) is 18.3 Å². The Morgan fingerprint density at radius 2 is 2.05 bits per heavy atom. The number of benzene rings is 1. The van der Waals surface area contributed by atoms with E-state index < -0.39 is 0 Å². The first-order valence-electron chi connectivity index (χ1n) is 6.41. The third kappa shape index (κ3) is 2.89. The van der Waals surface area contributed by atoms with Crippen LogP contribution >= 0.6 is 0 Å². The summed E-state index contributed by atoms with van der Waals surface area (Å²) in [6, 6.07) is 13.5. The number of amides is 1. The highest BCUT2D eigenvalue weighted by atomic mass is 16.3. The average molecular weight is 268 g/mol. The summed E-state index contributed by atoms with van der Waals surface area (Å²) in [5.41, 5.74) is 1.71. The van der Waals surface area contributed by atoms with Gasteiger partial charge in [-0.15, -0.1) is 0 Å². The lowest BCUT2D eigenvalue weighted by Crippen LogP contribution is -2.30. The van der Waals surface area contributed by atoms with E-state index in [1.165, 1.54) is 11.2 Å². The Bertz CT molecular complexity index is 625. The number of carbonyl (C=O) groups excluding carboxylic acids is 1. The van der Waals surface area contributed by atoms with E-state index in [0.29, 0.717) is 12.3 Å². The van der Waals surface area contributed by atoms with Gasteiger partial charge in [-0.05, 0) is 18.6 Å². The molecule has 0 aliphatic rings. The van der Waals surface area contributed by atoms with Gasteiger partial charge in [0.2, 0.25) is 0 Å². The molecule has 1 amide bonds. The molecule has 0 radical (unpaired) electrons. The van der Waals surface area contributed by atoms with Crippen molar-refractivity contribution < 1.29 is 9.21 Å². The molecule has 4 nitrogen and oxygen atoms in total. The molecule has 2 aromatic rings. The molecule has 0 bridgehead atoms. The number of hydrogen-bond acceptors (Lipinski definition) is 3. The van der Waals surface area contributed by atoms with Gasteiger partial charge in [0, 0.05) is 19.2 Å². The summed E-state index contributed by atoms with van der Waals surface area (Å²) in [4.78, 5) is 13.9. The fourth-order valence-electron chi connectivity index (χ4n) is 2.03. The van der Waals surface area contributed by atoms with Crippen LogP contribution in [0.3, 0.4) is 0 Å². The second kappa shape index (κ2) is 6.07. The molecule has 0 fully saturated rings. The topological polar surface area (TPSA) is 57.2 Å². The molecule has 0 saturated carbocycles. The van der Waals surface area contributed by atoms with Crippen molar-refractivity contribution in [1.29, 1.82) is 5.26 Å². The van der Waals surface area contributed by atoms with Crippen molar-refractivity contribution in [1.82, 2.24) is 4.90 Å². The molecule has 0 spiro atoms. The highest BCUT2D eigenvalue weighted by Gasteiger charge is 2.21. The molecule has 1 aromatic heterocycles. The highest BCUT2D eigenvalue weighted by molar-refractivity contribution is 5.98. The SMILES string of the molecule is C[C@H](C#N)CN(C)C(=O)c1occc1-c1ccccc1. The summed E-state index contributed by atoms with van der Waals surface area (Å²) in [7, 11) is 1.67. The molecule has 0 aliphatic carbocycles. The van der Waals surface area contributed by atoms with E-state index in [1.54, 1.807) is 20.0 Å². The number of nitriles is 1. The molecule has 0 N–H and O–H groups in total. The van der Waals surface area contributed by atoms with Crippen molar-refractivity contribution in [2.45, 2.75) is 6.92 Å². The Morgan fingerprint density at radius 3 is 2.70 bits per heavy atom. The first kappa shape index (κ1) is 13.9. The van der Waals surface area contributed by atoms with Crippen LogP contribution in [0.15, 0.2) is 47.1 Å².